The van der Waals surface area contributed by atoms with E-state index in [1.807, 2.05) is 37.3 Å². The Hall–Kier alpha value is -1.82. The average Bonchev–Trinajstić information content (AvgIpc) is 2.46. The van der Waals surface area contributed by atoms with Crippen LogP contribution in [0, 0.1) is 0 Å². The van der Waals surface area contributed by atoms with Crippen LogP contribution in [0.4, 0.5) is 0 Å². The molecule has 2 amide bonds. The third kappa shape index (κ3) is 7.51. The monoisotopic (exact) mass is 309 g/mol. The predicted octanol–water partition coefficient (Wildman–Crippen LogP) is 1.56. The molecule has 0 fully saturated rings. The molecule has 0 bridgehead atoms. The SMILES string of the molecule is COC(=O)CC(C)SCC(=O)NC(=O)Cc1ccccc1. The second-order valence-electron chi connectivity index (χ2n) is 4.54. The maximum atomic E-state index is 11.7. The van der Waals surface area contributed by atoms with Crippen LogP contribution in [0.2, 0.25) is 0 Å². The Labute approximate surface area is 128 Å². The first-order valence-electron chi connectivity index (χ1n) is 6.56. The summed E-state index contributed by atoms with van der Waals surface area (Å²) in [6.07, 6.45) is 0.418. The molecule has 0 spiro atoms. The number of nitrogens with one attached hydrogen (secondary N) is 1. The predicted molar refractivity (Wildman–Crippen MR) is 81.8 cm³/mol. The fourth-order valence-electron chi connectivity index (χ4n) is 1.61. The van der Waals surface area contributed by atoms with E-state index in [-0.39, 0.29) is 41.6 Å². The lowest BCUT2D eigenvalue weighted by atomic mass is 10.1. The average molecular weight is 309 g/mol. The molecule has 6 heteroatoms. The number of ether oxygens (including phenoxy) is 1. The van der Waals surface area contributed by atoms with E-state index in [0.29, 0.717) is 0 Å². The molecule has 0 aliphatic heterocycles. The Morgan fingerprint density at radius 3 is 2.48 bits per heavy atom. The van der Waals surface area contributed by atoms with E-state index >= 15 is 0 Å². The van der Waals surface area contributed by atoms with Crippen LogP contribution >= 0.6 is 11.8 Å². The Balaban J connectivity index is 2.27. The number of rotatable bonds is 7. The van der Waals surface area contributed by atoms with Crippen molar-refractivity contribution in [1.82, 2.24) is 5.32 Å². The van der Waals surface area contributed by atoms with Gasteiger partial charge in [-0.1, -0.05) is 37.3 Å². The molecule has 1 atom stereocenters. The molecule has 0 saturated heterocycles. The van der Waals surface area contributed by atoms with Gasteiger partial charge in [-0.25, -0.2) is 0 Å². The molecule has 114 valence electrons. The van der Waals surface area contributed by atoms with Gasteiger partial charge in [0.05, 0.1) is 25.7 Å². The summed E-state index contributed by atoms with van der Waals surface area (Å²) in [7, 11) is 1.33. The molecule has 1 N–H and O–H groups in total. The van der Waals surface area contributed by atoms with Crippen molar-refractivity contribution in [2.45, 2.75) is 25.0 Å². The first-order chi connectivity index (χ1) is 10.0. The molecule has 0 saturated carbocycles. The minimum absolute atomic E-state index is 0.0348. The minimum Gasteiger partial charge on any atom is -0.469 e. The van der Waals surface area contributed by atoms with Gasteiger partial charge in [-0.2, -0.15) is 0 Å². The van der Waals surface area contributed by atoms with Crippen molar-refractivity contribution in [3.8, 4) is 0 Å². The lowest BCUT2D eigenvalue weighted by Crippen LogP contribution is -2.33. The molecule has 5 nitrogen and oxygen atoms in total. The van der Waals surface area contributed by atoms with Gasteiger partial charge in [0.2, 0.25) is 11.8 Å². The smallest absolute Gasteiger partial charge is 0.306 e. The van der Waals surface area contributed by atoms with E-state index in [9.17, 15) is 14.4 Å². The van der Waals surface area contributed by atoms with Crippen LogP contribution in [0.1, 0.15) is 18.9 Å². The van der Waals surface area contributed by atoms with Crippen molar-refractivity contribution in [2.75, 3.05) is 12.9 Å². The maximum Gasteiger partial charge on any atom is 0.306 e. The molecule has 1 unspecified atom stereocenters. The van der Waals surface area contributed by atoms with Gasteiger partial charge in [0.15, 0.2) is 0 Å². The molecule has 1 aromatic rings. The molecular weight excluding hydrogens is 290 g/mol. The summed E-state index contributed by atoms with van der Waals surface area (Å²) in [5, 5.41) is 2.30. The van der Waals surface area contributed by atoms with E-state index in [1.54, 1.807) is 0 Å². The van der Waals surface area contributed by atoms with Crippen LogP contribution in [0.15, 0.2) is 30.3 Å². The molecular formula is C15H19NO4S. The third-order valence-electron chi connectivity index (χ3n) is 2.67. The number of hydrogen-bond donors (Lipinski definition) is 1. The van der Waals surface area contributed by atoms with E-state index in [1.165, 1.54) is 18.9 Å². The van der Waals surface area contributed by atoms with Crippen LogP contribution in [-0.2, 0) is 25.5 Å². The van der Waals surface area contributed by atoms with Crippen molar-refractivity contribution in [3.63, 3.8) is 0 Å². The Morgan fingerprint density at radius 2 is 1.86 bits per heavy atom. The van der Waals surface area contributed by atoms with E-state index < -0.39 is 0 Å². The summed E-state index contributed by atoms with van der Waals surface area (Å²) in [6, 6.07) is 9.21. The number of amides is 2. The summed E-state index contributed by atoms with van der Waals surface area (Å²) in [5.41, 5.74) is 0.856. The van der Waals surface area contributed by atoms with E-state index in [0.717, 1.165) is 5.56 Å². The lowest BCUT2D eigenvalue weighted by Gasteiger charge is -2.09. The van der Waals surface area contributed by atoms with Gasteiger partial charge in [-0.05, 0) is 5.56 Å². The minimum atomic E-state index is -0.349. The van der Waals surface area contributed by atoms with Crippen LogP contribution in [0.5, 0.6) is 0 Å². The van der Waals surface area contributed by atoms with Gasteiger partial charge >= 0.3 is 5.97 Å². The Kier molecular flexibility index (Phi) is 7.53. The second-order valence-corrected chi connectivity index (χ2v) is 5.96. The zero-order valence-electron chi connectivity index (χ0n) is 12.1. The molecule has 0 aliphatic rings. The fourth-order valence-corrected chi connectivity index (χ4v) is 2.37. The van der Waals surface area contributed by atoms with Crippen molar-refractivity contribution in [1.29, 1.82) is 0 Å². The van der Waals surface area contributed by atoms with Gasteiger partial charge < -0.3 is 4.74 Å². The topological polar surface area (TPSA) is 72.5 Å². The number of imide groups is 1. The highest BCUT2D eigenvalue weighted by molar-refractivity contribution is 8.00. The second kappa shape index (κ2) is 9.18. The van der Waals surface area contributed by atoms with Crippen LogP contribution < -0.4 is 5.32 Å². The Bertz CT molecular complexity index is 490. The Morgan fingerprint density at radius 1 is 1.19 bits per heavy atom. The van der Waals surface area contributed by atoms with E-state index in [4.69, 9.17) is 0 Å². The fraction of sp³-hybridized carbons (Fsp3) is 0.400. The van der Waals surface area contributed by atoms with Crippen molar-refractivity contribution >= 4 is 29.5 Å². The van der Waals surface area contributed by atoms with Crippen molar-refractivity contribution in [3.05, 3.63) is 35.9 Å². The number of carbonyl (C=O) groups excluding carboxylic acids is 3. The van der Waals surface area contributed by atoms with Crippen LogP contribution in [0.25, 0.3) is 0 Å². The highest BCUT2D eigenvalue weighted by atomic mass is 32.2. The summed E-state index contributed by atoms with van der Waals surface area (Å²) in [5.74, 6) is -0.848. The molecule has 0 radical (unpaired) electrons. The number of benzene rings is 1. The van der Waals surface area contributed by atoms with E-state index in [2.05, 4.69) is 10.1 Å². The van der Waals surface area contributed by atoms with Crippen molar-refractivity contribution in [2.24, 2.45) is 0 Å². The summed E-state index contributed by atoms with van der Waals surface area (Å²) in [4.78, 5) is 34.4. The number of carbonyl (C=O) groups is 3. The standard InChI is InChI=1S/C15H19NO4S/c1-11(8-15(19)20-2)21-10-14(18)16-13(17)9-12-6-4-3-5-7-12/h3-7,11H,8-10H2,1-2H3,(H,16,17,18). The van der Waals surface area contributed by atoms with Gasteiger partial charge in [0.1, 0.15) is 0 Å². The summed E-state index contributed by atoms with van der Waals surface area (Å²) < 4.78 is 4.55. The number of esters is 1. The molecule has 0 heterocycles. The lowest BCUT2D eigenvalue weighted by molar-refractivity contribution is -0.140. The number of thioether (sulfide) groups is 1. The number of methoxy groups -OCH3 is 1. The highest BCUT2D eigenvalue weighted by Crippen LogP contribution is 2.14. The number of hydrogen-bond acceptors (Lipinski definition) is 5. The summed E-state index contributed by atoms with van der Waals surface area (Å²) >= 11 is 1.31. The third-order valence-corrected chi connectivity index (χ3v) is 3.83. The van der Waals surface area contributed by atoms with Gasteiger partial charge in [0, 0.05) is 5.25 Å². The first-order valence-corrected chi connectivity index (χ1v) is 7.61. The molecule has 0 aromatic heterocycles. The van der Waals surface area contributed by atoms with Gasteiger partial charge in [-0.15, -0.1) is 11.8 Å². The highest BCUT2D eigenvalue weighted by Gasteiger charge is 2.13. The largest absolute Gasteiger partial charge is 0.469 e. The molecule has 0 aliphatic carbocycles. The van der Waals surface area contributed by atoms with Crippen molar-refractivity contribution < 1.29 is 19.1 Å². The normalized spacial score (nSPS) is 11.5. The van der Waals surface area contributed by atoms with Crippen LogP contribution in [-0.4, -0.2) is 35.9 Å². The zero-order valence-corrected chi connectivity index (χ0v) is 12.9. The zero-order chi connectivity index (χ0) is 15.7. The first kappa shape index (κ1) is 17.2. The van der Waals surface area contributed by atoms with Crippen LogP contribution in [0.3, 0.4) is 0 Å². The van der Waals surface area contributed by atoms with Gasteiger partial charge in [-0.3, -0.25) is 19.7 Å². The van der Waals surface area contributed by atoms with Gasteiger partial charge in [0.25, 0.3) is 0 Å². The molecule has 21 heavy (non-hydrogen) atoms. The molecule has 1 rings (SSSR count). The summed E-state index contributed by atoms with van der Waals surface area (Å²) in [6.45, 7) is 1.83. The quantitative estimate of drug-likeness (QED) is 0.774. The molecule has 1 aromatic carbocycles. The maximum absolute atomic E-state index is 11.7.